The second-order valence-corrected chi connectivity index (χ2v) is 8.61. The third-order valence-electron chi connectivity index (χ3n) is 6.21. The van der Waals surface area contributed by atoms with E-state index in [0.717, 1.165) is 5.69 Å². The van der Waals surface area contributed by atoms with Gasteiger partial charge in [0.05, 0.1) is 33.3 Å². The van der Waals surface area contributed by atoms with E-state index in [9.17, 15) is 19.1 Å². The van der Waals surface area contributed by atoms with Crippen LogP contribution in [0.1, 0.15) is 10.4 Å². The van der Waals surface area contributed by atoms with Gasteiger partial charge in [-0.1, -0.05) is 11.6 Å². The summed E-state index contributed by atoms with van der Waals surface area (Å²) in [4.78, 5) is 32.7. The van der Waals surface area contributed by atoms with Gasteiger partial charge in [0, 0.05) is 56.6 Å². The Morgan fingerprint density at radius 2 is 1.76 bits per heavy atom. The number of pyridine rings is 2. The lowest BCUT2D eigenvalue weighted by Gasteiger charge is -2.37. The van der Waals surface area contributed by atoms with Gasteiger partial charge in [-0.05, 0) is 24.3 Å². The van der Waals surface area contributed by atoms with Crippen LogP contribution in [0.15, 0.2) is 47.5 Å². The van der Waals surface area contributed by atoms with E-state index in [4.69, 9.17) is 11.6 Å². The van der Waals surface area contributed by atoms with Gasteiger partial charge in [-0.2, -0.15) is 0 Å². The summed E-state index contributed by atoms with van der Waals surface area (Å²) >= 11 is 5.90. The zero-order valence-corrected chi connectivity index (χ0v) is 18.8. The summed E-state index contributed by atoms with van der Waals surface area (Å²) in [6.07, 6.45) is 2.70. The van der Waals surface area contributed by atoms with E-state index in [1.54, 1.807) is 25.2 Å². The van der Waals surface area contributed by atoms with Crippen LogP contribution >= 0.6 is 11.6 Å². The molecule has 174 valence electrons. The highest BCUT2D eigenvalue weighted by atomic mass is 35.5. The maximum Gasteiger partial charge on any atom is 0.341 e. The summed E-state index contributed by atoms with van der Waals surface area (Å²) in [5.74, 6) is -2.30. The summed E-state index contributed by atoms with van der Waals surface area (Å²) in [5, 5.41) is 10.1. The van der Waals surface area contributed by atoms with Crippen LogP contribution in [-0.2, 0) is 7.05 Å². The number of fused-ring (bicyclic) bond motifs is 3. The fourth-order valence-electron chi connectivity index (χ4n) is 4.44. The molecule has 1 aliphatic rings. The molecule has 2 aromatic carbocycles. The number of aromatic nitrogens is 2. The molecule has 4 aromatic rings. The number of halogens is 3. The minimum Gasteiger partial charge on any atom is -0.477 e. The van der Waals surface area contributed by atoms with Crippen molar-refractivity contribution < 1.29 is 18.7 Å². The van der Waals surface area contributed by atoms with Gasteiger partial charge in [0.1, 0.15) is 17.2 Å². The molecule has 0 aliphatic carbocycles. The summed E-state index contributed by atoms with van der Waals surface area (Å²) in [7, 11) is 1.63. The lowest BCUT2D eigenvalue weighted by atomic mass is 10.1. The Balaban J connectivity index is 1.55. The van der Waals surface area contributed by atoms with E-state index in [0.29, 0.717) is 42.8 Å². The van der Waals surface area contributed by atoms with Crippen LogP contribution in [0.25, 0.3) is 21.8 Å². The Morgan fingerprint density at radius 3 is 2.44 bits per heavy atom. The normalized spacial score (nSPS) is 14.2. The molecule has 1 fully saturated rings. The number of benzene rings is 2. The van der Waals surface area contributed by atoms with Crippen LogP contribution in [0.2, 0.25) is 5.02 Å². The molecule has 0 atom stereocenters. The Kier molecular flexibility index (Phi) is 5.36. The van der Waals surface area contributed by atoms with E-state index in [-0.39, 0.29) is 21.5 Å². The quantitative estimate of drug-likeness (QED) is 0.442. The molecule has 10 heteroatoms. The maximum atomic E-state index is 15.1. The molecule has 0 saturated carbocycles. The van der Waals surface area contributed by atoms with Crippen molar-refractivity contribution in [3.05, 3.63) is 75.2 Å². The molecule has 34 heavy (non-hydrogen) atoms. The predicted molar refractivity (Wildman–Crippen MR) is 127 cm³/mol. The number of aryl methyl sites for hydroxylation is 1. The second kappa shape index (κ2) is 8.25. The van der Waals surface area contributed by atoms with Crippen molar-refractivity contribution in [1.82, 2.24) is 9.55 Å². The van der Waals surface area contributed by atoms with E-state index in [1.165, 1.54) is 29.1 Å². The minimum absolute atomic E-state index is 0.0437. The Morgan fingerprint density at radius 1 is 1.06 bits per heavy atom. The highest BCUT2D eigenvalue weighted by Gasteiger charge is 2.23. The number of carboxylic acids is 1. The second-order valence-electron chi connectivity index (χ2n) is 8.20. The number of hydrogen-bond donors (Lipinski definition) is 1. The molecule has 7 nitrogen and oxygen atoms in total. The van der Waals surface area contributed by atoms with Gasteiger partial charge < -0.3 is 19.5 Å². The molecular weight excluding hydrogens is 466 g/mol. The van der Waals surface area contributed by atoms with Crippen molar-refractivity contribution >= 4 is 50.8 Å². The third kappa shape index (κ3) is 3.62. The Labute approximate surface area is 197 Å². The first-order valence-corrected chi connectivity index (χ1v) is 10.9. The van der Waals surface area contributed by atoms with Crippen LogP contribution in [0.4, 0.5) is 20.2 Å². The third-order valence-corrected chi connectivity index (χ3v) is 6.50. The van der Waals surface area contributed by atoms with E-state index in [1.807, 2.05) is 9.80 Å². The van der Waals surface area contributed by atoms with Gasteiger partial charge in [-0.3, -0.25) is 9.78 Å². The van der Waals surface area contributed by atoms with E-state index < -0.39 is 23.0 Å². The van der Waals surface area contributed by atoms with Gasteiger partial charge in [-0.15, -0.1) is 0 Å². The molecule has 1 saturated heterocycles. The first-order valence-electron chi connectivity index (χ1n) is 10.5. The lowest BCUT2D eigenvalue weighted by molar-refractivity contribution is 0.0695. The van der Waals surface area contributed by atoms with Crippen molar-refractivity contribution in [2.75, 3.05) is 36.0 Å². The Hall–Kier alpha value is -3.72. The fraction of sp³-hybridized carbons (Fsp3) is 0.208. The number of aromatic carboxylic acids is 1. The highest BCUT2D eigenvalue weighted by Crippen LogP contribution is 2.31. The molecule has 5 rings (SSSR count). The molecule has 1 aliphatic heterocycles. The molecule has 0 amide bonds. The largest absolute Gasteiger partial charge is 0.477 e. The van der Waals surface area contributed by atoms with Gasteiger partial charge in [-0.25, -0.2) is 13.6 Å². The number of anilines is 2. The van der Waals surface area contributed by atoms with Gasteiger partial charge in [0.15, 0.2) is 0 Å². The zero-order chi connectivity index (χ0) is 24.1. The van der Waals surface area contributed by atoms with Crippen molar-refractivity contribution in [3.8, 4) is 0 Å². The smallest absolute Gasteiger partial charge is 0.341 e. The number of rotatable bonds is 3. The SMILES string of the molecule is Cn1cc(C(=O)O)c(=O)c2c3cc(N4CCN(c5ccc(F)c(Cl)c5)CC4)c(F)cc3ncc21. The van der Waals surface area contributed by atoms with E-state index in [2.05, 4.69) is 4.98 Å². The molecule has 0 unspecified atom stereocenters. The van der Waals surface area contributed by atoms with Crippen LogP contribution in [-0.4, -0.2) is 46.8 Å². The summed E-state index contributed by atoms with van der Waals surface area (Å²) in [6, 6.07) is 7.37. The van der Waals surface area contributed by atoms with Crippen molar-refractivity contribution in [2.45, 2.75) is 0 Å². The molecular formula is C24H19ClF2N4O3. The monoisotopic (exact) mass is 484 g/mol. The first-order chi connectivity index (χ1) is 16.2. The highest BCUT2D eigenvalue weighted by molar-refractivity contribution is 6.31. The van der Waals surface area contributed by atoms with Crippen molar-refractivity contribution in [2.24, 2.45) is 7.05 Å². The Bertz CT molecular complexity index is 1530. The number of carbonyl (C=O) groups is 1. The van der Waals surface area contributed by atoms with Crippen molar-refractivity contribution in [3.63, 3.8) is 0 Å². The molecule has 1 N–H and O–H groups in total. The van der Waals surface area contributed by atoms with Crippen LogP contribution in [0.3, 0.4) is 0 Å². The maximum absolute atomic E-state index is 15.1. The first kappa shape index (κ1) is 22.1. The average Bonchev–Trinajstić information content (AvgIpc) is 2.82. The summed E-state index contributed by atoms with van der Waals surface area (Å²) < 4.78 is 30.1. The molecule has 3 heterocycles. The van der Waals surface area contributed by atoms with Crippen molar-refractivity contribution in [1.29, 1.82) is 0 Å². The van der Waals surface area contributed by atoms with Gasteiger partial charge in [0.25, 0.3) is 0 Å². The number of nitrogens with zero attached hydrogens (tertiary/aromatic N) is 4. The average molecular weight is 485 g/mol. The van der Waals surface area contributed by atoms with Gasteiger partial charge >= 0.3 is 5.97 Å². The standard InChI is InChI=1S/C24H19ClF2N4O3/c1-29-12-15(24(33)34)23(32)22-14-9-20(18(27)10-19(14)28-11-21(22)29)31-6-4-30(5-7-31)13-2-3-17(26)16(25)8-13/h2-3,8-12H,4-7H2,1H3,(H,33,34). The molecule has 0 bridgehead atoms. The van der Waals surface area contributed by atoms with Crippen LogP contribution < -0.4 is 15.2 Å². The predicted octanol–water partition coefficient (Wildman–Crippen LogP) is 4.04. The zero-order valence-electron chi connectivity index (χ0n) is 18.1. The summed E-state index contributed by atoms with van der Waals surface area (Å²) in [5.41, 5.74) is 0.820. The molecule has 0 radical (unpaired) electrons. The molecule has 0 spiro atoms. The molecule has 2 aromatic heterocycles. The number of piperazine rings is 1. The number of carboxylic acid groups (broad SMARTS) is 1. The minimum atomic E-state index is -1.33. The van der Waals surface area contributed by atoms with Crippen LogP contribution in [0.5, 0.6) is 0 Å². The summed E-state index contributed by atoms with van der Waals surface area (Å²) in [6.45, 7) is 2.07. The topological polar surface area (TPSA) is 78.7 Å². The lowest BCUT2D eigenvalue weighted by Crippen LogP contribution is -2.46. The fourth-order valence-corrected chi connectivity index (χ4v) is 4.61. The number of hydrogen-bond acceptors (Lipinski definition) is 5. The van der Waals surface area contributed by atoms with Crippen LogP contribution in [0, 0.1) is 11.6 Å². The van der Waals surface area contributed by atoms with Gasteiger partial charge in [0.2, 0.25) is 5.43 Å². The van der Waals surface area contributed by atoms with E-state index >= 15 is 4.39 Å².